The van der Waals surface area contributed by atoms with E-state index in [9.17, 15) is 0 Å². The van der Waals surface area contributed by atoms with Crippen LogP contribution < -0.4 is 5.73 Å². The molecule has 2 N–H and O–H groups in total. The molecule has 1 aliphatic rings. The van der Waals surface area contributed by atoms with Gasteiger partial charge in [0.2, 0.25) is 0 Å². The molecule has 2 rings (SSSR count). The van der Waals surface area contributed by atoms with Crippen molar-refractivity contribution in [1.29, 1.82) is 0 Å². The summed E-state index contributed by atoms with van der Waals surface area (Å²) in [5, 5.41) is 0. The minimum absolute atomic E-state index is 0.717. The molecule has 1 aromatic rings. The molecule has 0 radical (unpaired) electrons. The molecular formula is C10H14N2S. The number of hydrogen-bond acceptors (Lipinski definition) is 3. The number of nitrogens with two attached hydrogens (primary N) is 1. The number of nitrogen functional groups attached to an aromatic ring is 1. The van der Waals surface area contributed by atoms with Gasteiger partial charge in [0.05, 0.1) is 17.6 Å². The van der Waals surface area contributed by atoms with Crippen molar-refractivity contribution < 1.29 is 0 Å². The zero-order valence-electron chi connectivity index (χ0n) is 7.79. The number of anilines is 1. The molecule has 1 aromatic heterocycles. The average Bonchev–Trinajstić information content (AvgIpc) is 2.88. The molecule has 0 bridgehead atoms. The van der Waals surface area contributed by atoms with Crippen LogP contribution in [-0.2, 0) is 0 Å². The lowest BCUT2D eigenvalue weighted by atomic mass is 10.2. The summed E-state index contributed by atoms with van der Waals surface area (Å²) in [6, 6.07) is 2.05. The van der Waals surface area contributed by atoms with E-state index in [2.05, 4.69) is 18.0 Å². The fourth-order valence-electron chi connectivity index (χ4n) is 1.40. The predicted molar refractivity (Wildman–Crippen MR) is 57.0 cm³/mol. The van der Waals surface area contributed by atoms with Crippen LogP contribution in [0, 0.1) is 0 Å². The third kappa shape index (κ3) is 1.97. The summed E-state index contributed by atoms with van der Waals surface area (Å²) < 4.78 is 0. The molecule has 1 saturated carbocycles. The van der Waals surface area contributed by atoms with Gasteiger partial charge in [0.1, 0.15) is 0 Å². The minimum Gasteiger partial charge on any atom is -0.397 e. The Hall–Kier alpha value is -0.700. The van der Waals surface area contributed by atoms with E-state index in [0.717, 1.165) is 17.4 Å². The molecule has 13 heavy (non-hydrogen) atoms. The molecule has 1 fully saturated rings. The Bertz CT molecular complexity index is 308. The van der Waals surface area contributed by atoms with E-state index in [-0.39, 0.29) is 0 Å². The van der Waals surface area contributed by atoms with Crippen LogP contribution in [-0.4, -0.2) is 10.7 Å². The van der Waals surface area contributed by atoms with E-state index in [1.54, 1.807) is 6.20 Å². The highest BCUT2D eigenvalue weighted by Gasteiger charge is 2.27. The van der Waals surface area contributed by atoms with Gasteiger partial charge in [-0.1, -0.05) is 6.92 Å². The summed E-state index contributed by atoms with van der Waals surface area (Å²) in [6.45, 7) is 2.16. The van der Waals surface area contributed by atoms with Gasteiger partial charge < -0.3 is 5.73 Å². The van der Waals surface area contributed by atoms with Crippen molar-refractivity contribution in [3.05, 3.63) is 18.0 Å². The normalized spacial score (nSPS) is 16.1. The Balaban J connectivity index is 2.30. The summed E-state index contributed by atoms with van der Waals surface area (Å²) in [5.74, 6) is 1.81. The lowest BCUT2D eigenvalue weighted by Gasteiger charge is -2.06. The molecule has 0 atom stereocenters. The highest BCUT2D eigenvalue weighted by Crippen LogP contribution is 2.43. The second-order valence-corrected chi connectivity index (χ2v) is 4.67. The first-order valence-electron chi connectivity index (χ1n) is 4.69. The number of nitrogens with zero attached hydrogens (tertiary/aromatic N) is 1. The van der Waals surface area contributed by atoms with Gasteiger partial charge in [0.15, 0.2) is 0 Å². The maximum absolute atomic E-state index is 5.70. The van der Waals surface area contributed by atoms with E-state index in [1.165, 1.54) is 23.4 Å². The summed E-state index contributed by atoms with van der Waals surface area (Å²) in [4.78, 5) is 5.70. The van der Waals surface area contributed by atoms with Crippen LogP contribution in [0.15, 0.2) is 17.2 Å². The Kier molecular flexibility index (Phi) is 2.44. The van der Waals surface area contributed by atoms with Crippen molar-refractivity contribution in [3.8, 4) is 0 Å². The third-order valence-corrected chi connectivity index (χ3v) is 3.09. The first-order chi connectivity index (χ1) is 6.31. The van der Waals surface area contributed by atoms with E-state index in [4.69, 9.17) is 5.73 Å². The minimum atomic E-state index is 0.717. The van der Waals surface area contributed by atoms with Crippen LogP contribution in [0.1, 0.15) is 31.4 Å². The van der Waals surface area contributed by atoms with Crippen molar-refractivity contribution in [3.63, 3.8) is 0 Å². The van der Waals surface area contributed by atoms with Gasteiger partial charge in [-0.05, 0) is 24.7 Å². The smallest absolute Gasteiger partial charge is 0.0571 e. The maximum atomic E-state index is 5.70. The van der Waals surface area contributed by atoms with Gasteiger partial charge >= 0.3 is 0 Å². The molecule has 0 aliphatic heterocycles. The van der Waals surface area contributed by atoms with Gasteiger partial charge in [-0.15, -0.1) is 11.8 Å². The van der Waals surface area contributed by atoms with Crippen molar-refractivity contribution in [1.82, 2.24) is 4.98 Å². The molecule has 2 nitrogen and oxygen atoms in total. The van der Waals surface area contributed by atoms with Crippen LogP contribution in [0.2, 0.25) is 0 Å². The zero-order valence-corrected chi connectivity index (χ0v) is 8.60. The van der Waals surface area contributed by atoms with Crippen molar-refractivity contribution in [2.75, 3.05) is 11.5 Å². The number of rotatable bonds is 3. The first-order valence-corrected chi connectivity index (χ1v) is 5.68. The number of pyridine rings is 1. The number of aromatic nitrogens is 1. The fraction of sp³-hybridized carbons (Fsp3) is 0.500. The van der Waals surface area contributed by atoms with Gasteiger partial charge in [-0.3, -0.25) is 4.98 Å². The highest BCUT2D eigenvalue weighted by atomic mass is 32.2. The third-order valence-electron chi connectivity index (χ3n) is 2.17. The number of hydrogen-bond donors (Lipinski definition) is 1. The van der Waals surface area contributed by atoms with Gasteiger partial charge in [-0.2, -0.15) is 0 Å². The predicted octanol–water partition coefficient (Wildman–Crippen LogP) is 2.65. The molecule has 0 unspecified atom stereocenters. The lowest BCUT2D eigenvalue weighted by Crippen LogP contribution is -1.94. The largest absolute Gasteiger partial charge is 0.397 e. The van der Waals surface area contributed by atoms with E-state index >= 15 is 0 Å². The van der Waals surface area contributed by atoms with Gasteiger partial charge in [0, 0.05) is 10.8 Å². The molecule has 0 amide bonds. The molecule has 1 aliphatic carbocycles. The highest BCUT2D eigenvalue weighted by molar-refractivity contribution is 7.99. The molecule has 0 aromatic carbocycles. The SMILES string of the molecule is CCSc1cc(N)cnc1C1CC1. The van der Waals surface area contributed by atoms with Crippen LogP contribution in [0.4, 0.5) is 5.69 Å². The fourth-order valence-corrected chi connectivity index (χ4v) is 2.30. The van der Waals surface area contributed by atoms with Crippen LogP contribution in [0.3, 0.4) is 0 Å². The summed E-state index contributed by atoms with van der Waals surface area (Å²) in [5.41, 5.74) is 7.75. The van der Waals surface area contributed by atoms with E-state index in [1.807, 2.05) is 11.8 Å². The first kappa shape index (κ1) is 8.88. The monoisotopic (exact) mass is 194 g/mol. The second kappa shape index (κ2) is 3.58. The van der Waals surface area contributed by atoms with Gasteiger partial charge in [-0.25, -0.2) is 0 Å². The molecule has 0 spiro atoms. The topological polar surface area (TPSA) is 38.9 Å². The molecule has 0 saturated heterocycles. The van der Waals surface area contributed by atoms with Crippen molar-refractivity contribution >= 4 is 17.4 Å². The van der Waals surface area contributed by atoms with Gasteiger partial charge in [0.25, 0.3) is 0 Å². The lowest BCUT2D eigenvalue weighted by molar-refractivity contribution is 0.969. The maximum Gasteiger partial charge on any atom is 0.0571 e. The molecular weight excluding hydrogens is 180 g/mol. The quantitative estimate of drug-likeness (QED) is 0.752. The van der Waals surface area contributed by atoms with Crippen LogP contribution in [0.25, 0.3) is 0 Å². The zero-order chi connectivity index (χ0) is 9.26. The summed E-state index contributed by atoms with van der Waals surface area (Å²) in [6.07, 6.45) is 4.37. The van der Waals surface area contributed by atoms with Crippen LogP contribution in [0.5, 0.6) is 0 Å². The van der Waals surface area contributed by atoms with E-state index < -0.39 is 0 Å². The average molecular weight is 194 g/mol. The number of thioether (sulfide) groups is 1. The Morgan fingerprint density at radius 1 is 1.62 bits per heavy atom. The Morgan fingerprint density at radius 3 is 3.00 bits per heavy atom. The van der Waals surface area contributed by atoms with Crippen LogP contribution >= 0.6 is 11.8 Å². The van der Waals surface area contributed by atoms with Crippen molar-refractivity contribution in [2.24, 2.45) is 0 Å². The Labute approximate surface area is 82.9 Å². The Morgan fingerprint density at radius 2 is 2.38 bits per heavy atom. The van der Waals surface area contributed by atoms with E-state index in [0.29, 0.717) is 0 Å². The molecule has 70 valence electrons. The standard InChI is InChI=1S/C10H14N2S/c1-2-13-9-5-8(11)6-12-10(9)7-3-4-7/h5-7H,2-4,11H2,1H3. The summed E-state index contributed by atoms with van der Waals surface area (Å²) in [7, 11) is 0. The summed E-state index contributed by atoms with van der Waals surface area (Å²) >= 11 is 1.84. The molecule has 1 heterocycles. The second-order valence-electron chi connectivity index (χ2n) is 3.36. The molecule has 3 heteroatoms. The van der Waals surface area contributed by atoms with Crippen molar-refractivity contribution in [2.45, 2.75) is 30.6 Å².